The molecule has 0 saturated heterocycles. The van der Waals surface area contributed by atoms with Crippen LogP contribution >= 0.6 is 7.37 Å². The van der Waals surface area contributed by atoms with Crippen molar-refractivity contribution >= 4 is 25.4 Å². The summed E-state index contributed by atoms with van der Waals surface area (Å²) in [5.41, 5.74) is 8.49. The van der Waals surface area contributed by atoms with Gasteiger partial charge >= 0.3 is 12.1 Å². The van der Waals surface area contributed by atoms with E-state index in [0.717, 1.165) is 16.7 Å². The average Bonchev–Trinajstić information content (AvgIpc) is 2.84. The molecule has 0 radical (unpaired) electrons. The van der Waals surface area contributed by atoms with Crippen molar-refractivity contribution in [3.05, 3.63) is 60.2 Å². The van der Waals surface area contributed by atoms with Gasteiger partial charge in [-0.25, -0.2) is 9.59 Å². The first kappa shape index (κ1) is 32.8. The second-order valence-electron chi connectivity index (χ2n) is 8.68. The summed E-state index contributed by atoms with van der Waals surface area (Å²) >= 11 is 0. The number of amides is 1. The van der Waals surface area contributed by atoms with Crippen LogP contribution in [0.5, 0.6) is 0 Å². The number of esters is 1. The van der Waals surface area contributed by atoms with Crippen LogP contribution < -0.4 is 11.1 Å². The normalized spacial score (nSPS) is 15.4. The molecule has 210 valence electrons. The van der Waals surface area contributed by atoms with E-state index in [1.54, 1.807) is 6.92 Å². The van der Waals surface area contributed by atoms with Crippen molar-refractivity contribution in [1.29, 1.82) is 0 Å². The number of nitrogens with two attached hydrogens (primary N) is 1. The van der Waals surface area contributed by atoms with Gasteiger partial charge in [-0.1, -0.05) is 62.0 Å². The van der Waals surface area contributed by atoms with Crippen LogP contribution in [0, 0.1) is 5.92 Å². The van der Waals surface area contributed by atoms with E-state index in [1.807, 2.05) is 54.6 Å². The van der Waals surface area contributed by atoms with Crippen LogP contribution in [0.1, 0.15) is 40.7 Å². The molecule has 0 fully saturated rings. The van der Waals surface area contributed by atoms with Crippen molar-refractivity contribution in [3.63, 3.8) is 0 Å². The maximum Gasteiger partial charge on any atom is 0.511 e. The van der Waals surface area contributed by atoms with Gasteiger partial charge in [-0.15, -0.1) is 0 Å². The molecule has 4 unspecified atom stereocenters. The molecule has 0 saturated carbocycles. The van der Waals surface area contributed by atoms with Crippen molar-refractivity contribution in [2.75, 3.05) is 12.8 Å². The summed E-state index contributed by atoms with van der Waals surface area (Å²) in [6, 6.07) is 16.2. The molecule has 2 aromatic carbocycles. The molecule has 0 aromatic heterocycles. The smallest absolute Gasteiger partial charge is 0.435 e. The van der Waals surface area contributed by atoms with Gasteiger partial charge in [0.05, 0.1) is 18.3 Å². The fourth-order valence-electron chi connectivity index (χ4n) is 3.44. The zero-order chi connectivity index (χ0) is 27.6. The Balaban J connectivity index is 0.00000722. The van der Waals surface area contributed by atoms with E-state index in [4.69, 9.17) is 15.2 Å². The molecule has 38 heavy (non-hydrogen) atoms. The predicted octanol–water partition coefficient (Wildman–Crippen LogP) is 4.29. The van der Waals surface area contributed by atoms with E-state index < -0.39 is 49.4 Å². The Morgan fingerprint density at radius 1 is 0.974 bits per heavy atom. The van der Waals surface area contributed by atoms with Crippen LogP contribution in [0.2, 0.25) is 0 Å². The van der Waals surface area contributed by atoms with Gasteiger partial charge < -0.3 is 30.2 Å². The Hall–Kier alpha value is -3.20. The minimum atomic E-state index is -3.85. The highest BCUT2D eigenvalue weighted by molar-refractivity contribution is 7.58. The van der Waals surface area contributed by atoms with Gasteiger partial charge in [0.25, 0.3) is 0 Å². The molecule has 11 heteroatoms. The summed E-state index contributed by atoms with van der Waals surface area (Å²) in [6.07, 6.45) is -2.43. The van der Waals surface area contributed by atoms with Gasteiger partial charge in [0.2, 0.25) is 19.6 Å². The third-order valence-electron chi connectivity index (χ3n) is 5.55. The highest BCUT2D eigenvalue weighted by Crippen LogP contribution is 2.46. The molecule has 0 aliphatic rings. The number of hydrogen-bond donors (Lipinski definition) is 3. The lowest BCUT2D eigenvalue weighted by Crippen LogP contribution is -2.45. The molecule has 5 atom stereocenters. The molecule has 2 rings (SSSR count). The second kappa shape index (κ2) is 15.3. The van der Waals surface area contributed by atoms with Gasteiger partial charge in [-0.2, -0.15) is 0 Å². The summed E-state index contributed by atoms with van der Waals surface area (Å²) in [4.78, 5) is 47.2. The van der Waals surface area contributed by atoms with Crippen LogP contribution in [0.3, 0.4) is 0 Å². The molecule has 0 bridgehead atoms. The highest BCUT2D eigenvalue weighted by atomic mass is 31.2. The zero-order valence-electron chi connectivity index (χ0n) is 21.5. The summed E-state index contributed by atoms with van der Waals surface area (Å²) < 4.78 is 27.1. The summed E-state index contributed by atoms with van der Waals surface area (Å²) in [7, 11) is -3.85. The summed E-state index contributed by atoms with van der Waals surface area (Å²) in [5, 5.41) is 2.52. The molecule has 0 aliphatic heterocycles. The van der Waals surface area contributed by atoms with E-state index >= 15 is 0 Å². The number of hydrogen-bond acceptors (Lipinski definition) is 8. The number of benzene rings is 2. The topological polar surface area (TPSA) is 154 Å². The molecule has 4 N–H and O–H groups in total. The number of ether oxygens (including phenoxy) is 3. The average molecular weight is 551 g/mol. The Kier molecular flexibility index (Phi) is 13.2. The number of carbonyl (C=O) groups is 3. The minimum Gasteiger partial charge on any atom is -0.435 e. The van der Waals surface area contributed by atoms with Crippen LogP contribution in [-0.4, -0.2) is 53.8 Å². The first-order chi connectivity index (χ1) is 17.4. The third-order valence-corrected chi connectivity index (χ3v) is 7.79. The minimum absolute atomic E-state index is 0. The molecular formula is C27H39N2O8P. The van der Waals surface area contributed by atoms with E-state index in [0.29, 0.717) is 0 Å². The number of carbonyl (C=O) groups excluding carboxylic acids is 3. The van der Waals surface area contributed by atoms with Gasteiger partial charge in [0.15, 0.2) is 0 Å². The molecular weight excluding hydrogens is 511 g/mol. The van der Waals surface area contributed by atoms with Crippen molar-refractivity contribution in [3.8, 4) is 11.1 Å². The van der Waals surface area contributed by atoms with Gasteiger partial charge in [0, 0.05) is 13.1 Å². The van der Waals surface area contributed by atoms with E-state index in [-0.39, 0.29) is 26.6 Å². The Morgan fingerprint density at radius 3 is 2.11 bits per heavy atom. The quantitative estimate of drug-likeness (QED) is 0.199. The Morgan fingerprint density at radius 2 is 1.55 bits per heavy atom. The maximum absolute atomic E-state index is 13.1. The number of nitrogens with one attached hydrogen (secondary N) is 1. The van der Waals surface area contributed by atoms with Gasteiger partial charge in [-0.05, 0) is 43.9 Å². The third kappa shape index (κ3) is 10.3. The van der Waals surface area contributed by atoms with Crippen LogP contribution in [0.15, 0.2) is 54.6 Å². The van der Waals surface area contributed by atoms with Crippen LogP contribution in [0.25, 0.3) is 11.1 Å². The first-order valence-corrected chi connectivity index (χ1v) is 13.9. The Bertz CT molecular complexity index is 1090. The fourth-order valence-corrected chi connectivity index (χ4v) is 4.70. The second-order valence-corrected chi connectivity index (χ2v) is 11.4. The van der Waals surface area contributed by atoms with Crippen molar-refractivity contribution in [1.82, 2.24) is 5.32 Å². The lowest BCUT2D eigenvalue weighted by atomic mass is 9.97. The van der Waals surface area contributed by atoms with Crippen LogP contribution in [0.4, 0.5) is 4.79 Å². The van der Waals surface area contributed by atoms with Crippen LogP contribution in [-0.2, 0) is 34.8 Å². The summed E-state index contributed by atoms with van der Waals surface area (Å²) in [5.74, 6) is -3.42. The standard InChI is InChI=1S/C26H35N2O8P.CH4/c1-5-34-26(31)36-19(4)35-25(30)17(2)28-24(29)23(16-37(32,33)18(3)27)15-20-11-13-22(14-12-20)21-9-7-6-8-10-21;/h6-14,17-19,23H,5,15-16,27H2,1-4H3,(H,28,29)(H,32,33);1H4/t17?,18?,19?,23-;/m1./s1. The van der Waals surface area contributed by atoms with Crippen molar-refractivity contribution in [2.45, 2.75) is 59.7 Å². The van der Waals surface area contributed by atoms with Gasteiger partial charge in [-0.3, -0.25) is 9.36 Å². The molecule has 2 aromatic rings. The maximum atomic E-state index is 13.1. The van der Waals surface area contributed by atoms with E-state index in [9.17, 15) is 23.8 Å². The van der Waals surface area contributed by atoms with Gasteiger partial charge in [0.1, 0.15) is 6.04 Å². The zero-order valence-corrected chi connectivity index (χ0v) is 22.4. The number of rotatable bonds is 12. The first-order valence-electron chi connectivity index (χ1n) is 12.0. The predicted molar refractivity (Wildman–Crippen MR) is 145 cm³/mol. The SMILES string of the molecule is C.CCOC(=O)OC(C)OC(=O)C(C)NC(=O)[C@H](Cc1ccc(-c2ccccc2)cc1)CP(=O)(O)C(C)N. The molecule has 10 nitrogen and oxygen atoms in total. The Labute approximate surface area is 224 Å². The summed E-state index contributed by atoms with van der Waals surface area (Å²) in [6.45, 7) is 5.83. The molecule has 0 spiro atoms. The van der Waals surface area contributed by atoms with Crippen molar-refractivity contribution in [2.24, 2.45) is 11.7 Å². The monoisotopic (exact) mass is 550 g/mol. The fraction of sp³-hybridized carbons (Fsp3) is 0.444. The molecule has 1 amide bonds. The highest BCUT2D eigenvalue weighted by Gasteiger charge is 2.33. The molecule has 0 heterocycles. The lowest BCUT2D eigenvalue weighted by Gasteiger charge is -2.24. The molecule has 0 aliphatic carbocycles. The van der Waals surface area contributed by atoms with E-state index in [2.05, 4.69) is 10.1 Å². The van der Waals surface area contributed by atoms with E-state index in [1.165, 1.54) is 20.8 Å². The lowest BCUT2D eigenvalue weighted by molar-refractivity contribution is -0.170. The largest absolute Gasteiger partial charge is 0.511 e. The van der Waals surface area contributed by atoms with Crippen molar-refractivity contribution < 1.29 is 38.1 Å².